The number of aromatic nitrogens is 2. The molecule has 1 unspecified atom stereocenters. The third-order valence-electron chi connectivity index (χ3n) is 6.20. The minimum Gasteiger partial charge on any atom is -0.463 e. The van der Waals surface area contributed by atoms with Crippen LogP contribution in [0.2, 0.25) is 0 Å². The van der Waals surface area contributed by atoms with Crippen molar-refractivity contribution in [2.45, 2.75) is 64.8 Å². The van der Waals surface area contributed by atoms with Crippen molar-refractivity contribution in [1.29, 1.82) is 0 Å². The van der Waals surface area contributed by atoms with Gasteiger partial charge in [0.05, 0.1) is 19.3 Å². The first-order valence-corrected chi connectivity index (χ1v) is 13.9. The van der Waals surface area contributed by atoms with E-state index < -0.39 is 71.0 Å². The summed E-state index contributed by atoms with van der Waals surface area (Å²) in [4.78, 5) is 89.5. The van der Waals surface area contributed by atoms with Crippen LogP contribution in [0.25, 0.3) is 0 Å². The van der Waals surface area contributed by atoms with Gasteiger partial charge in [-0.15, -0.1) is 0 Å². The van der Waals surface area contributed by atoms with Crippen molar-refractivity contribution < 1.29 is 33.1 Å². The molecule has 0 bridgehead atoms. The van der Waals surface area contributed by atoms with E-state index in [9.17, 15) is 38.0 Å². The van der Waals surface area contributed by atoms with E-state index in [1.54, 1.807) is 35.3 Å². The number of H-pyrrole nitrogens is 1. The minimum absolute atomic E-state index is 0.0865. The molecule has 44 heavy (non-hydrogen) atoms. The third-order valence-corrected chi connectivity index (χ3v) is 6.20. The van der Waals surface area contributed by atoms with Crippen LogP contribution in [0.1, 0.15) is 45.8 Å². The van der Waals surface area contributed by atoms with Crippen LogP contribution >= 0.6 is 0 Å². The van der Waals surface area contributed by atoms with Gasteiger partial charge < -0.3 is 31.7 Å². The number of ether oxygens (including phenoxy) is 1. The second-order valence-corrected chi connectivity index (χ2v) is 10.2. The zero-order valence-electron chi connectivity index (χ0n) is 24.8. The topological polar surface area (TPSA) is 224 Å². The molecule has 7 N–H and O–H groups in total. The number of nitrogens with two attached hydrogens (primary N) is 1. The highest BCUT2D eigenvalue weighted by molar-refractivity contribution is 5.95. The molecule has 0 aliphatic heterocycles. The van der Waals surface area contributed by atoms with Crippen LogP contribution in [0.4, 0.5) is 4.39 Å². The predicted octanol–water partition coefficient (Wildman–Crippen LogP) is -1.42. The Balaban J connectivity index is 2.22. The van der Waals surface area contributed by atoms with Crippen molar-refractivity contribution in [3.05, 3.63) is 68.7 Å². The Labute approximate surface area is 252 Å². The molecule has 0 spiro atoms. The zero-order chi connectivity index (χ0) is 33.0. The molecule has 0 aliphatic rings. The lowest BCUT2D eigenvalue weighted by Gasteiger charge is -2.26. The molecular weight excluding hydrogens is 581 g/mol. The van der Waals surface area contributed by atoms with Gasteiger partial charge in [-0.2, -0.15) is 4.39 Å². The predicted molar refractivity (Wildman–Crippen MR) is 155 cm³/mol. The fourth-order valence-corrected chi connectivity index (χ4v) is 4.04. The molecule has 0 radical (unpaired) electrons. The van der Waals surface area contributed by atoms with Crippen molar-refractivity contribution in [2.75, 3.05) is 13.2 Å². The molecule has 4 amide bonds. The summed E-state index contributed by atoms with van der Waals surface area (Å²) in [6, 6.07) is 5.36. The van der Waals surface area contributed by atoms with E-state index in [2.05, 4.69) is 21.3 Å². The van der Waals surface area contributed by atoms with Crippen molar-refractivity contribution in [2.24, 2.45) is 11.7 Å². The number of carbonyl (C=O) groups is 5. The van der Waals surface area contributed by atoms with E-state index in [4.69, 9.17) is 10.5 Å². The van der Waals surface area contributed by atoms with Crippen LogP contribution in [0.15, 0.2) is 46.1 Å². The van der Waals surface area contributed by atoms with E-state index in [-0.39, 0.29) is 31.9 Å². The molecule has 1 aromatic heterocycles. The molecule has 4 atom stereocenters. The monoisotopic (exact) mass is 619 g/mol. The second-order valence-electron chi connectivity index (χ2n) is 10.2. The summed E-state index contributed by atoms with van der Waals surface area (Å²) in [5.41, 5.74) is 3.64. The minimum atomic E-state index is -1.88. The summed E-state index contributed by atoms with van der Waals surface area (Å²) in [6.07, 6.45) is -1.16. The molecule has 16 heteroatoms. The summed E-state index contributed by atoms with van der Waals surface area (Å²) in [7, 11) is 0. The van der Waals surface area contributed by atoms with Gasteiger partial charge in [-0.3, -0.25) is 33.5 Å². The number of hydrogen-bond acceptors (Lipinski definition) is 9. The van der Waals surface area contributed by atoms with Crippen LogP contribution in [0, 0.1) is 11.7 Å². The number of halogens is 1. The Kier molecular flexibility index (Phi) is 13.4. The number of esters is 1. The van der Waals surface area contributed by atoms with Crippen LogP contribution < -0.4 is 38.2 Å². The van der Waals surface area contributed by atoms with Crippen LogP contribution in [-0.2, 0) is 35.1 Å². The molecule has 1 aromatic carbocycles. The maximum absolute atomic E-state index is 13.9. The maximum Gasteiger partial charge on any atom is 0.350 e. The SMILES string of the molecule is CCOC(=O)C(NC(=O)[C@H](C)NC(=O)[C@H](CC(C)C)NC(=O)[C@H](Cc1ccccc1)NC(=O)CN)n1cc(F)c(=O)[nH]c1=O. The number of nitrogens with zero attached hydrogens (tertiary/aromatic N) is 1. The van der Waals surface area contributed by atoms with E-state index in [0.717, 1.165) is 5.56 Å². The lowest BCUT2D eigenvalue weighted by molar-refractivity contribution is -0.150. The van der Waals surface area contributed by atoms with Gasteiger partial charge in [0, 0.05) is 6.42 Å². The molecule has 2 aromatic rings. The Morgan fingerprint density at radius 1 is 0.932 bits per heavy atom. The first-order chi connectivity index (χ1) is 20.8. The maximum atomic E-state index is 13.9. The smallest absolute Gasteiger partial charge is 0.350 e. The van der Waals surface area contributed by atoms with Gasteiger partial charge in [-0.05, 0) is 31.7 Å². The van der Waals surface area contributed by atoms with Gasteiger partial charge in [0.1, 0.15) is 18.1 Å². The van der Waals surface area contributed by atoms with Crippen molar-refractivity contribution in [3.63, 3.8) is 0 Å². The average molecular weight is 620 g/mol. The van der Waals surface area contributed by atoms with E-state index in [1.165, 1.54) is 13.8 Å². The molecule has 2 rings (SSSR count). The van der Waals surface area contributed by atoms with Gasteiger partial charge in [-0.25, -0.2) is 9.59 Å². The van der Waals surface area contributed by atoms with E-state index >= 15 is 0 Å². The van der Waals surface area contributed by atoms with Gasteiger partial charge in [-0.1, -0.05) is 44.2 Å². The highest BCUT2D eigenvalue weighted by atomic mass is 19.1. The Morgan fingerprint density at radius 3 is 2.16 bits per heavy atom. The molecule has 0 aliphatic carbocycles. The normalized spacial score (nSPS) is 13.6. The first-order valence-electron chi connectivity index (χ1n) is 13.9. The highest BCUT2D eigenvalue weighted by Crippen LogP contribution is 2.09. The van der Waals surface area contributed by atoms with Crippen molar-refractivity contribution in [1.82, 2.24) is 30.8 Å². The molecule has 0 fully saturated rings. The quantitative estimate of drug-likeness (QED) is 0.128. The van der Waals surface area contributed by atoms with Crippen molar-refractivity contribution in [3.8, 4) is 0 Å². The fourth-order valence-electron chi connectivity index (χ4n) is 4.04. The van der Waals surface area contributed by atoms with Crippen LogP contribution in [-0.4, -0.2) is 70.4 Å². The Morgan fingerprint density at radius 2 is 1.57 bits per heavy atom. The number of nitrogens with one attached hydrogen (secondary N) is 5. The summed E-state index contributed by atoms with van der Waals surface area (Å²) < 4.78 is 19.2. The number of rotatable bonds is 15. The number of carbonyl (C=O) groups excluding carboxylic acids is 5. The summed E-state index contributed by atoms with van der Waals surface area (Å²) in [5, 5.41) is 9.83. The highest BCUT2D eigenvalue weighted by Gasteiger charge is 2.31. The number of aromatic amines is 1. The zero-order valence-corrected chi connectivity index (χ0v) is 24.8. The molecule has 15 nitrogen and oxygen atoms in total. The number of hydrogen-bond donors (Lipinski definition) is 6. The van der Waals surface area contributed by atoms with Crippen LogP contribution in [0.5, 0.6) is 0 Å². The Hall–Kier alpha value is -4.86. The third kappa shape index (κ3) is 10.4. The standard InChI is InChI=1S/C28H38FN7O8/c1-5-44-27(42)22(36-14-18(29)24(39)35-28(36)43)34-23(38)16(4)31-25(40)19(11-15(2)3)33-26(41)20(32-21(37)13-30)12-17-9-7-6-8-10-17/h6-10,14-16,19-20,22H,5,11-13,30H2,1-4H3,(H,31,40)(H,32,37)(H,33,41)(H,34,38)(H,35,39,43)/t16-,19-,20-,22?/m0/s1. The van der Waals surface area contributed by atoms with Gasteiger partial charge in [0.2, 0.25) is 35.6 Å². The number of amides is 4. The largest absolute Gasteiger partial charge is 0.463 e. The molecule has 1 heterocycles. The summed E-state index contributed by atoms with van der Waals surface area (Å²) in [5.74, 6) is -5.57. The van der Waals surface area contributed by atoms with Gasteiger partial charge in [0.15, 0.2) is 0 Å². The van der Waals surface area contributed by atoms with Gasteiger partial charge >= 0.3 is 11.7 Å². The lowest BCUT2D eigenvalue weighted by Crippen LogP contribution is -2.58. The lowest BCUT2D eigenvalue weighted by atomic mass is 10.0. The van der Waals surface area contributed by atoms with Gasteiger partial charge in [0.25, 0.3) is 5.56 Å². The average Bonchev–Trinajstić information content (AvgIpc) is 2.97. The number of benzene rings is 1. The van der Waals surface area contributed by atoms with Crippen LogP contribution in [0.3, 0.4) is 0 Å². The second kappa shape index (κ2) is 16.7. The van der Waals surface area contributed by atoms with E-state index in [1.807, 2.05) is 13.8 Å². The summed E-state index contributed by atoms with van der Waals surface area (Å²) >= 11 is 0. The molecule has 0 saturated heterocycles. The van der Waals surface area contributed by atoms with E-state index in [0.29, 0.717) is 10.8 Å². The van der Waals surface area contributed by atoms with Crippen molar-refractivity contribution >= 4 is 29.6 Å². The molecule has 0 saturated carbocycles. The molecule has 240 valence electrons. The Bertz CT molecular complexity index is 1440. The fraction of sp³-hybridized carbons (Fsp3) is 0.464. The molecular formula is C28H38FN7O8. The first kappa shape index (κ1) is 35.3. The summed E-state index contributed by atoms with van der Waals surface area (Å²) in [6.45, 7) is 5.86.